The number of ether oxygens (including phenoxy) is 3. The Labute approximate surface area is 391 Å². The zero-order valence-electron chi connectivity index (χ0n) is 42.8. The molecule has 8 nitrogen and oxygen atoms in total. The van der Waals surface area contributed by atoms with Crippen molar-refractivity contribution in [1.29, 1.82) is 0 Å². The number of hydrogen-bond acceptors (Lipinski definition) is 6. The lowest BCUT2D eigenvalue weighted by Gasteiger charge is -2.31. The molecule has 0 bridgehead atoms. The summed E-state index contributed by atoms with van der Waals surface area (Å²) >= 11 is 0. The number of carbonyl (C=O) groups is 3. The molecule has 0 fully saturated rings. The highest BCUT2D eigenvalue weighted by Gasteiger charge is 2.31. The minimum Gasteiger partial charge on any atom is -0.477 e. The Morgan fingerprint density at radius 2 is 0.698 bits per heavy atom. The molecular weight excluding hydrogens is 787 g/mol. The second-order valence-corrected chi connectivity index (χ2v) is 20.2. The fourth-order valence-electron chi connectivity index (χ4n) is 8.74. The fourth-order valence-corrected chi connectivity index (χ4v) is 8.74. The molecule has 0 spiro atoms. The smallest absolute Gasteiger partial charge is 0.362 e. The molecule has 0 aliphatic heterocycles. The normalized spacial score (nSPS) is 12.7. The lowest BCUT2D eigenvalue weighted by Crippen LogP contribution is -2.50. The van der Waals surface area contributed by atoms with Gasteiger partial charge in [0.1, 0.15) is 6.61 Å². The van der Waals surface area contributed by atoms with Crippen LogP contribution in [0.25, 0.3) is 0 Å². The summed E-state index contributed by atoms with van der Waals surface area (Å²) in [6.45, 7) is 4.81. The molecule has 0 rings (SSSR count). The van der Waals surface area contributed by atoms with E-state index in [4.69, 9.17) is 14.2 Å². The van der Waals surface area contributed by atoms with Gasteiger partial charge in [0.05, 0.1) is 34.4 Å². The van der Waals surface area contributed by atoms with Gasteiger partial charge in [0.25, 0.3) is 0 Å². The predicted molar refractivity (Wildman–Crippen MR) is 266 cm³/mol. The molecule has 0 aromatic carbocycles. The first kappa shape index (κ1) is 61.3. The lowest BCUT2D eigenvalue weighted by atomic mass is 10.0. The highest BCUT2D eigenvalue weighted by Crippen LogP contribution is 2.18. The van der Waals surface area contributed by atoms with Crippen LogP contribution in [0.1, 0.15) is 284 Å². The van der Waals surface area contributed by atoms with E-state index in [0.29, 0.717) is 19.3 Å². The summed E-state index contributed by atoms with van der Waals surface area (Å²) in [6, 6.07) is -0.609. The summed E-state index contributed by atoms with van der Waals surface area (Å²) in [5, 5.41) is 9.66. The summed E-state index contributed by atoms with van der Waals surface area (Å²) in [5.41, 5.74) is 0. The number of likely N-dealkylation sites (N-methyl/N-ethyl adjacent to an activating group) is 1. The number of rotatable bonds is 51. The first-order valence-corrected chi connectivity index (χ1v) is 27.6. The third-order valence-electron chi connectivity index (χ3n) is 13.0. The molecule has 63 heavy (non-hydrogen) atoms. The summed E-state index contributed by atoms with van der Waals surface area (Å²) < 4.78 is 17.4. The Bertz CT molecular complexity index is 998. The van der Waals surface area contributed by atoms with Crippen molar-refractivity contribution in [2.24, 2.45) is 0 Å². The van der Waals surface area contributed by atoms with Crippen LogP contribution in [0.3, 0.4) is 0 Å². The molecule has 0 aliphatic rings. The largest absolute Gasteiger partial charge is 0.477 e. The van der Waals surface area contributed by atoms with Crippen molar-refractivity contribution >= 4 is 17.9 Å². The molecule has 374 valence electrons. The molecule has 2 unspecified atom stereocenters. The summed E-state index contributed by atoms with van der Waals surface area (Å²) in [4.78, 5) is 37.2. The van der Waals surface area contributed by atoms with E-state index in [1.807, 2.05) is 21.1 Å². The Kier molecular flexibility index (Phi) is 45.6. The first-order valence-electron chi connectivity index (χ1n) is 27.6. The van der Waals surface area contributed by atoms with Crippen LogP contribution in [0.5, 0.6) is 0 Å². The van der Waals surface area contributed by atoms with Crippen LogP contribution in [0, 0.1) is 0 Å². The maximum absolute atomic E-state index is 12.8. The van der Waals surface area contributed by atoms with Crippen molar-refractivity contribution in [3.05, 3.63) is 0 Å². The quantitative estimate of drug-likeness (QED) is 0.0369. The average molecular weight is 895 g/mol. The molecule has 1 N–H and O–H groups in total. The first-order chi connectivity index (χ1) is 30.6. The predicted octanol–water partition coefficient (Wildman–Crippen LogP) is 16.0. The van der Waals surface area contributed by atoms with E-state index in [0.717, 1.165) is 38.5 Å². The molecule has 2 atom stereocenters. The highest BCUT2D eigenvalue weighted by atomic mass is 16.6. The summed E-state index contributed by atoms with van der Waals surface area (Å²) in [5.74, 6) is -1.43. The fraction of sp³-hybridized carbons (Fsp3) is 0.945. The van der Waals surface area contributed by atoms with E-state index in [1.165, 1.54) is 212 Å². The van der Waals surface area contributed by atoms with E-state index in [2.05, 4.69) is 13.8 Å². The molecule has 0 aliphatic carbocycles. The van der Waals surface area contributed by atoms with Crippen LogP contribution >= 0.6 is 0 Å². The number of quaternary nitrogens is 1. The number of aliphatic carboxylic acids is 1. The third-order valence-corrected chi connectivity index (χ3v) is 13.0. The zero-order chi connectivity index (χ0) is 46.3. The van der Waals surface area contributed by atoms with Crippen molar-refractivity contribution in [2.75, 3.05) is 41.0 Å². The maximum atomic E-state index is 12.8. The van der Waals surface area contributed by atoms with Gasteiger partial charge in [-0.1, -0.05) is 251 Å². The van der Waals surface area contributed by atoms with Crippen molar-refractivity contribution in [3.8, 4) is 0 Å². The molecule has 0 aromatic heterocycles. The van der Waals surface area contributed by atoms with Crippen LogP contribution in [0.2, 0.25) is 0 Å². The number of nitrogens with zero attached hydrogens (tertiary/aromatic N) is 1. The molecule has 0 saturated heterocycles. The van der Waals surface area contributed by atoms with E-state index < -0.39 is 18.1 Å². The Morgan fingerprint density at radius 1 is 0.413 bits per heavy atom. The number of esters is 2. The minimum atomic E-state index is -0.868. The van der Waals surface area contributed by atoms with Crippen LogP contribution < -0.4 is 0 Å². The number of carboxylic acids is 1. The van der Waals surface area contributed by atoms with Crippen LogP contribution in [0.15, 0.2) is 0 Å². The molecule has 0 saturated carbocycles. The van der Waals surface area contributed by atoms with Crippen LogP contribution in [-0.4, -0.2) is 80.6 Å². The zero-order valence-corrected chi connectivity index (χ0v) is 42.8. The van der Waals surface area contributed by atoms with Gasteiger partial charge in [0.15, 0.2) is 12.1 Å². The number of carbonyl (C=O) groups excluding carboxylic acids is 2. The Morgan fingerprint density at radius 3 is 0.984 bits per heavy atom. The van der Waals surface area contributed by atoms with Crippen molar-refractivity contribution < 1.29 is 38.2 Å². The number of carboxylic acid groups (broad SMARTS) is 1. The van der Waals surface area contributed by atoms with Crippen molar-refractivity contribution in [3.63, 3.8) is 0 Å². The van der Waals surface area contributed by atoms with Crippen LogP contribution in [-0.2, 0) is 28.6 Å². The van der Waals surface area contributed by atoms with Gasteiger partial charge in [0, 0.05) is 19.3 Å². The van der Waals surface area contributed by atoms with Gasteiger partial charge >= 0.3 is 17.9 Å². The topological polar surface area (TPSA) is 99.1 Å². The minimum absolute atomic E-state index is 0.0410. The van der Waals surface area contributed by atoms with Gasteiger partial charge in [-0.15, -0.1) is 0 Å². The lowest BCUT2D eigenvalue weighted by molar-refractivity contribution is -0.887. The van der Waals surface area contributed by atoms with Gasteiger partial charge in [0.2, 0.25) is 0 Å². The monoisotopic (exact) mass is 895 g/mol. The molecule has 0 radical (unpaired) electrons. The SMILES string of the molecule is CCCCCCCCCCCCCCCCCCCCCCCC(=O)OC(COCCC(C(=O)O)[N+](C)(C)C)COC(=O)CCCCCCCCCCCCCCCCCCCC. The molecule has 8 heteroatoms. The summed E-state index contributed by atoms with van der Waals surface area (Å²) in [7, 11) is 5.56. The highest BCUT2D eigenvalue weighted by molar-refractivity contribution is 5.72. The van der Waals surface area contributed by atoms with Crippen LogP contribution in [0.4, 0.5) is 0 Å². The average Bonchev–Trinajstić information content (AvgIpc) is 3.24. The van der Waals surface area contributed by atoms with Gasteiger partial charge in [-0.05, 0) is 12.8 Å². The van der Waals surface area contributed by atoms with Crippen molar-refractivity contribution in [1.82, 2.24) is 0 Å². The second kappa shape index (κ2) is 46.8. The molecule has 0 heterocycles. The van der Waals surface area contributed by atoms with E-state index in [9.17, 15) is 19.5 Å². The van der Waals surface area contributed by atoms with Gasteiger partial charge in [-0.25, -0.2) is 4.79 Å². The standard InChI is InChI=1S/C55H107NO7/c1-6-8-10-12-14-16-18-20-22-24-26-27-28-30-32-34-36-38-40-42-44-46-54(58)63-51(49-61-48-47-52(55(59)60)56(3,4)5)50-62-53(57)45-43-41-39-37-35-33-31-29-25-23-21-19-17-15-13-11-9-7-2/h51-52H,6-50H2,1-5H3/p+1. The van der Waals surface area contributed by atoms with Crippen molar-refractivity contribution in [2.45, 2.75) is 296 Å². The number of hydrogen-bond donors (Lipinski definition) is 1. The third kappa shape index (κ3) is 45.3. The second-order valence-electron chi connectivity index (χ2n) is 20.2. The van der Waals surface area contributed by atoms with E-state index in [-0.39, 0.29) is 36.2 Å². The molecule has 0 amide bonds. The van der Waals surface area contributed by atoms with E-state index >= 15 is 0 Å². The summed E-state index contributed by atoms with van der Waals surface area (Å²) in [6.07, 6.45) is 51.6. The Hall–Kier alpha value is -1.67. The Balaban J connectivity index is 4.14. The number of unbranched alkanes of at least 4 members (excludes halogenated alkanes) is 37. The molecular formula is C55H108NO7+. The van der Waals surface area contributed by atoms with Gasteiger partial charge < -0.3 is 23.8 Å². The van der Waals surface area contributed by atoms with Gasteiger partial charge in [-0.2, -0.15) is 0 Å². The van der Waals surface area contributed by atoms with E-state index in [1.54, 1.807) is 0 Å². The molecule has 0 aromatic rings. The van der Waals surface area contributed by atoms with Gasteiger partial charge in [-0.3, -0.25) is 9.59 Å². The maximum Gasteiger partial charge on any atom is 0.362 e.